The van der Waals surface area contributed by atoms with E-state index in [1.165, 1.54) is 161 Å². The van der Waals surface area contributed by atoms with Crippen LogP contribution in [0.1, 0.15) is 251 Å². The fourth-order valence-corrected chi connectivity index (χ4v) is 8.90. The number of rotatable bonds is 52. The summed E-state index contributed by atoms with van der Waals surface area (Å²) in [5, 5.41) is 13.9. The Bertz CT molecular complexity index is 1350. The zero-order valence-corrected chi connectivity index (χ0v) is 46.6. The minimum Gasteiger partial charge on any atom is -0.756 e. The average molecular weight is 988 g/mol. The van der Waals surface area contributed by atoms with E-state index in [2.05, 4.69) is 79.9 Å². The molecule has 0 bridgehead atoms. The Morgan fingerprint density at radius 1 is 0.522 bits per heavy atom. The number of unbranched alkanes of at least 4 members (excludes halogenated alkanes) is 29. The molecule has 3 unspecified atom stereocenters. The van der Waals surface area contributed by atoms with Gasteiger partial charge in [0.25, 0.3) is 7.82 Å². The third-order valence-electron chi connectivity index (χ3n) is 12.7. The van der Waals surface area contributed by atoms with Crippen molar-refractivity contribution in [2.75, 3.05) is 40.9 Å². The third kappa shape index (κ3) is 53.6. The fraction of sp³-hybridized carbons (Fsp3) is 0.783. The number of likely N-dealkylation sites (N-methyl/N-ethyl adjacent to an activating group) is 1. The molecule has 0 aromatic carbocycles. The Morgan fingerprint density at radius 3 is 1.29 bits per heavy atom. The lowest BCUT2D eigenvalue weighted by Crippen LogP contribution is -2.45. The fourth-order valence-electron chi connectivity index (χ4n) is 8.18. The molecule has 0 saturated carbocycles. The summed E-state index contributed by atoms with van der Waals surface area (Å²) in [5.74, 6) is -0.197. The van der Waals surface area contributed by atoms with Crippen molar-refractivity contribution in [1.82, 2.24) is 5.32 Å². The maximum absolute atomic E-state index is 12.9. The van der Waals surface area contributed by atoms with Crippen LogP contribution in [0.25, 0.3) is 0 Å². The highest BCUT2D eigenvalue weighted by molar-refractivity contribution is 7.45. The molecule has 0 aliphatic carbocycles. The van der Waals surface area contributed by atoms with E-state index in [9.17, 15) is 19.4 Å². The van der Waals surface area contributed by atoms with Crippen LogP contribution in [-0.2, 0) is 18.4 Å². The van der Waals surface area contributed by atoms with Crippen molar-refractivity contribution >= 4 is 13.7 Å². The molecule has 9 heteroatoms. The molecular formula is C60H111N2O6P. The molecule has 0 rings (SSSR count). The zero-order valence-electron chi connectivity index (χ0n) is 45.8. The number of carbonyl (C=O) groups is 1. The smallest absolute Gasteiger partial charge is 0.268 e. The van der Waals surface area contributed by atoms with E-state index in [-0.39, 0.29) is 19.1 Å². The average Bonchev–Trinajstić information content (AvgIpc) is 3.31. The molecule has 0 fully saturated rings. The minimum absolute atomic E-state index is 0.00189. The van der Waals surface area contributed by atoms with E-state index in [1.54, 1.807) is 6.08 Å². The van der Waals surface area contributed by atoms with E-state index >= 15 is 0 Å². The highest BCUT2D eigenvalue weighted by Gasteiger charge is 2.23. The summed E-state index contributed by atoms with van der Waals surface area (Å²) in [6.45, 7) is 4.54. The van der Waals surface area contributed by atoms with Gasteiger partial charge in [-0.2, -0.15) is 0 Å². The molecular weight excluding hydrogens is 876 g/mol. The number of nitrogens with one attached hydrogen (secondary N) is 1. The quantitative estimate of drug-likeness (QED) is 0.0272. The van der Waals surface area contributed by atoms with Crippen molar-refractivity contribution in [2.24, 2.45) is 0 Å². The van der Waals surface area contributed by atoms with Gasteiger partial charge in [0, 0.05) is 6.42 Å². The SMILES string of the molecule is CC/C=C\C/C=C\C/C=C\C/C=C\C/C=C\CCCCCCCCCCCCCCCCCCCC(=O)NC(COP(=O)([O-])OCC[N+](C)(C)C)C(O)/C=C/CCCCCCCCCCCCCC. The van der Waals surface area contributed by atoms with Gasteiger partial charge in [-0.3, -0.25) is 9.36 Å². The number of aliphatic hydroxyl groups excluding tert-OH is 1. The molecule has 0 radical (unpaired) electrons. The van der Waals surface area contributed by atoms with E-state index in [1.807, 2.05) is 27.2 Å². The first-order chi connectivity index (χ1) is 33.5. The largest absolute Gasteiger partial charge is 0.756 e. The van der Waals surface area contributed by atoms with E-state index in [0.717, 1.165) is 70.6 Å². The van der Waals surface area contributed by atoms with Gasteiger partial charge in [-0.25, -0.2) is 0 Å². The van der Waals surface area contributed by atoms with Crippen molar-refractivity contribution in [3.63, 3.8) is 0 Å². The van der Waals surface area contributed by atoms with E-state index < -0.39 is 20.0 Å². The second-order valence-electron chi connectivity index (χ2n) is 20.6. The molecule has 0 heterocycles. The molecule has 402 valence electrons. The summed E-state index contributed by atoms with van der Waals surface area (Å²) in [6.07, 6.45) is 69.8. The van der Waals surface area contributed by atoms with Gasteiger partial charge in [0.05, 0.1) is 39.9 Å². The lowest BCUT2D eigenvalue weighted by molar-refractivity contribution is -0.870. The molecule has 1 amide bonds. The summed E-state index contributed by atoms with van der Waals surface area (Å²) < 4.78 is 23.3. The second-order valence-corrected chi connectivity index (χ2v) is 22.0. The van der Waals surface area contributed by atoms with Crippen molar-refractivity contribution in [2.45, 2.75) is 264 Å². The second kappa shape index (κ2) is 50.9. The number of aliphatic hydroxyl groups is 1. The summed E-state index contributed by atoms with van der Waals surface area (Å²) in [5.41, 5.74) is 0. The lowest BCUT2D eigenvalue weighted by Gasteiger charge is -2.29. The van der Waals surface area contributed by atoms with Gasteiger partial charge < -0.3 is 28.8 Å². The Balaban J connectivity index is 4.06. The highest BCUT2D eigenvalue weighted by atomic mass is 31.2. The van der Waals surface area contributed by atoms with Crippen LogP contribution >= 0.6 is 7.82 Å². The van der Waals surface area contributed by atoms with E-state index in [0.29, 0.717) is 17.4 Å². The number of carbonyl (C=O) groups excluding carboxylic acids is 1. The monoisotopic (exact) mass is 987 g/mol. The van der Waals surface area contributed by atoms with Gasteiger partial charge in [-0.1, -0.05) is 254 Å². The molecule has 3 atom stereocenters. The van der Waals surface area contributed by atoms with Gasteiger partial charge >= 0.3 is 0 Å². The number of phosphoric ester groups is 1. The first kappa shape index (κ1) is 66.9. The van der Waals surface area contributed by atoms with Crippen molar-refractivity contribution in [3.8, 4) is 0 Å². The van der Waals surface area contributed by atoms with Crippen LogP contribution in [0.3, 0.4) is 0 Å². The van der Waals surface area contributed by atoms with Crippen molar-refractivity contribution in [3.05, 3.63) is 72.9 Å². The Hall–Kier alpha value is -2.06. The van der Waals surface area contributed by atoms with Crippen LogP contribution in [0.4, 0.5) is 0 Å². The molecule has 0 spiro atoms. The zero-order chi connectivity index (χ0) is 50.6. The number of hydrogen-bond acceptors (Lipinski definition) is 6. The van der Waals surface area contributed by atoms with Gasteiger partial charge in [0.2, 0.25) is 5.91 Å². The van der Waals surface area contributed by atoms with Crippen LogP contribution in [-0.4, -0.2) is 68.5 Å². The third-order valence-corrected chi connectivity index (χ3v) is 13.6. The van der Waals surface area contributed by atoms with Crippen molar-refractivity contribution in [1.29, 1.82) is 0 Å². The standard InChI is InChI=1S/C60H111N2O6P/c1-6-8-10-12-14-16-18-20-22-23-24-25-26-27-28-29-30-31-32-33-34-35-36-37-38-39-40-42-44-46-48-50-52-54-60(64)61-58(57-68-69(65,66)67-56-55-62(3,4)5)59(63)53-51-49-47-45-43-41-21-19-17-15-13-11-9-7-2/h8,10,14,16,20,22,24-25,27-28,51,53,58-59,63H,6-7,9,11-13,15,17-19,21,23,26,29-50,52,54-57H2,1-5H3,(H-,61,64,65,66)/b10-8-,16-14-,22-20-,25-24-,28-27-,53-51+. The maximum atomic E-state index is 12.9. The number of quaternary nitrogens is 1. The lowest BCUT2D eigenvalue weighted by atomic mass is 10.0. The summed E-state index contributed by atoms with van der Waals surface area (Å²) in [7, 11) is 1.26. The number of allylic oxidation sites excluding steroid dienone is 11. The van der Waals surface area contributed by atoms with Crippen LogP contribution in [0.2, 0.25) is 0 Å². The molecule has 8 nitrogen and oxygen atoms in total. The number of amides is 1. The first-order valence-electron chi connectivity index (χ1n) is 28.8. The minimum atomic E-state index is -4.59. The highest BCUT2D eigenvalue weighted by Crippen LogP contribution is 2.38. The molecule has 0 aliphatic rings. The predicted octanol–water partition coefficient (Wildman–Crippen LogP) is 16.9. The molecule has 2 N–H and O–H groups in total. The molecule has 0 aliphatic heterocycles. The van der Waals surface area contributed by atoms with Crippen molar-refractivity contribution < 1.29 is 32.9 Å². The molecule has 0 saturated heterocycles. The van der Waals surface area contributed by atoms with Gasteiger partial charge in [-0.15, -0.1) is 0 Å². The number of nitrogens with zero attached hydrogens (tertiary/aromatic N) is 1. The Morgan fingerprint density at radius 2 is 0.884 bits per heavy atom. The van der Waals surface area contributed by atoms with E-state index in [4.69, 9.17) is 9.05 Å². The maximum Gasteiger partial charge on any atom is 0.268 e. The normalized spacial score (nSPS) is 14.5. The van der Waals surface area contributed by atoms with Crippen LogP contribution < -0.4 is 10.2 Å². The van der Waals surface area contributed by atoms with Crippen LogP contribution in [0.15, 0.2) is 72.9 Å². The predicted molar refractivity (Wildman–Crippen MR) is 297 cm³/mol. The van der Waals surface area contributed by atoms with Crippen LogP contribution in [0.5, 0.6) is 0 Å². The van der Waals surface area contributed by atoms with Crippen LogP contribution in [0, 0.1) is 0 Å². The molecule has 0 aromatic rings. The molecule has 0 aromatic heterocycles. The Kier molecular flexibility index (Phi) is 49.3. The summed E-state index contributed by atoms with van der Waals surface area (Å²) in [4.78, 5) is 25.5. The number of phosphoric acid groups is 1. The van der Waals surface area contributed by atoms with Gasteiger partial charge in [0.1, 0.15) is 13.2 Å². The summed E-state index contributed by atoms with van der Waals surface area (Å²) in [6, 6.07) is -0.887. The summed E-state index contributed by atoms with van der Waals surface area (Å²) >= 11 is 0. The first-order valence-corrected chi connectivity index (χ1v) is 30.3. The Labute approximate surface area is 427 Å². The molecule has 69 heavy (non-hydrogen) atoms. The van der Waals surface area contributed by atoms with Gasteiger partial charge in [0.15, 0.2) is 0 Å². The topological polar surface area (TPSA) is 108 Å². The van der Waals surface area contributed by atoms with Gasteiger partial charge in [-0.05, 0) is 64.2 Å². The number of hydrogen-bond donors (Lipinski definition) is 2.